The van der Waals surface area contributed by atoms with Crippen LogP contribution in [0.1, 0.15) is 27.0 Å². The molecule has 0 bridgehead atoms. The molecule has 0 unspecified atom stereocenters. The Morgan fingerprint density at radius 3 is 2.71 bits per heavy atom. The van der Waals surface area contributed by atoms with E-state index in [2.05, 4.69) is 11.4 Å². The number of rotatable bonds is 4. The summed E-state index contributed by atoms with van der Waals surface area (Å²) >= 11 is 0. The van der Waals surface area contributed by atoms with Gasteiger partial charge in [-0.1, -0.05) is 18.2 Å². The van der Waals surface area contributed by atoms with E-state index in [9.17, 15) is 4.79 Å². The van der Waals surface area contributed by atoms with E-state index < -0.39 is 0 Å². The molecule has 4 nitrogen and oxygen atoms in total. The Labute approximate surface area is 123 Å². The zero-order chi connectivity index (χ0) is 14.8. The third kappa shape index (κ3) is 2.57. The Hall–Kier alpha value is -2.49. The van der Waals surface area contributed by atoms with Crippen molar-refractivity contribution in [2.45, 2.75) is 13.0 Å². The number of nitrogens with one attached hydrogen (secondary N) is 1. The first kappa shape index (κ1) is 13.5. The van der Waals surface area contributed by atoms with Crippen molar-refractivity contribution in [3.05, 3.63) is 58.7 Å². The lowest BCUT2D eigenvalue weighted by Gasteiger charge is -2.11. The smallest absolute Gasteiger partial charge is 0.251 e. The van der Waals surface area contributed by atoms with Gasteiger partial charge >= 0.3 is 0 Å². The van der Waals surface area contributed by atoms with Crippen molar-refractivity contribution in [1.82, 2.24) is 5.32 Å². The van der Waals surface area contributed by atoms with E-state index in [-0.39, 0.29) is 5.91 Å². The van der Waals surface area contributed by atoms with Crippen molar-refractivity contribution >= 4 is 5.91 Å². The summed E-state index contributed by atoms with van der Waals surface area (Å²) in [6.07, 6.45) is 0.759. The van der Waals surface area contributed by atoms with E-state index in [0.29, 0.717) is 6.54 Å². The van der Waals surface area contributed by atoms with Gasteiger partial charge in [0.25, 0.3) is 5.91 Å². The quantitative estimate of drug-likeness (QED) is 0.938. The highest BCUT2D eigenvalue weighted by molar-refractivity contribution is 5.98. The largest absolute Gasteiger partial charge is 0.497 e. The molecule has 21 heavy (non-hydrogen) atoms. The van der Waals surface area contributed by atoms with Crippen LogP contribution in [0.4, 0.5) is 0 Å². The Bertz CT molecular complexity index is 694. The minimum absolute atomic E-state index is 0.0126. The lowest BCUT2D eigenvalue weighted by molar-refractivity contribution is 0.0966. The third-order valence-electron chi connectivity index (χ3n) is 3.74. The minimum Gasteiger partial charge on any atom is -0.497 e. The zero-order valence-corrected chi connectivity index (χ0v) is 12.1. The van der Waals surface area contributed by atoms with Crippen LogP contribution in [-0.4, -0.2) is 20.1 Å². The first-order valence-corrected chi connectivity index (χ1v) is 6.82. The van der Waals surface area contributed by atoms with Gasteiger partial charge < -0.3 is 14.8 Å². The normalized spacial score (nSPS) is 12.8. The van der Waals surface area contributed by atoms with Gasteiger partial charge in [-0.25, -0.2) is 0 Å². The lowest BCUT2D eigenvalue weighted by Crippen LogP contribution is -2.12. The van der Waals surface area contributed by atoms with E-state index in [4.69, 9.17) is 9.47 Å². The maximum Gasteiger partial charge on any atom is 0.251 e. The van der Waals surface area contributed by atoms with Gasteiger partial charge in [0.2, 0.25) is 0 Å². The molecule has 0 saturated carbocycles. The molecule has 0 fully saturated rings. The number of hydrogen-bond acceptors (Lipinski definition) is 3. The summed E-state index contributed by atoms with van der Waals surface area (Å²) in [7, 11) is 3.29. The van der Waals surface area contributed by atoms with Gasteiger partial charge in [-0.2, -0.15) is 0 Å². The van der Waals surface area contributed by atoms with Crippen molar-refractivity contribution in [3.63, 3.8) is 0 Å². The molecular formula is C17H17NO3. The van der Waals surface area contributed by atoms with Crippen molar-refractivity contribution in [2.75, 3.05) is 14.2 Å². The van der Waals surface area contributed by atoms with Crippen LogP contribution >= 0.6 is 0 Å². The zero-order valence-electron chi connectivity index (χ0n) is 12.1. The van der Waals surface area contributed by atoms with E-state index in [0.717, 1.165) is 40.2 Å². The second-order valence-electron chi connectivity index (χ2n) is 5.03. The summed E-state index contributed by atoms with van der Waals surface area (Å²) in [5.41, 5.74) is 4.09. The number of ether oxygens (including phenoxy) is 2. The molecule has 1 aliphatic rings. The predicted molar refractivity (Wildman–Crippen MR) is 80.0 cm³/mol. The maximum atomic E-state index is 11.6. The van der Waals surface area contributed by atoms with Crippen molar-refractivity contribution in [1.29, 1.82) is 0 Å². The van der Waals surface area contributed by atoms with Crippen LogP contribution < -0.4 is 14.8 Å². The molecule has 0 spiro atoms. The molecule has 0 saturated heterocycles. The number of benzene rings is 2. The Morgan fingerprint density at radius 2 is 1.95 bits per heavy atom. The molecule has 4 heteroatoms. The fraction of sp³-hybridized carbons (Fsp3) is 0.235. The third-order valence-corrected chi connectivity index (χ3v) is 3.74. The molecule has 1 amide bonds. The SMILES string of the molecule is COc1ccc(Cc2ccc3c(c2)CNC3=O)c(OC)c1. The first-order chi connectivity index (χ1) is 10.2. The minimum atomic E-state index is 0.0126. The summed E-state index contributed by atoms with van der Waals surface area (Å²) in [5, 5.41) is 2.83. The lowest BCUT2D eigenvalue weighted by atomic mass is 10.00. The fourth-order valence-corrected chi connectivity index (χ4v) is 2.61. The van der Waals surface area contributed by atoms with Crippen molar-refractivity contribution in [2.24, 2.45) is 0 Å². The van der Waals surface area contributed by atoms with Gasteiger partial charge in [-0.15, -0.1) is 0 Å². The monoisotopic (exact) mass is 283 g/mol. The van der Waals surface area contributed by atoms with Gasteiger partial charge in [-0.3, -0.25) is 4.79 Å². The molecule has 1 N–H and O–H groups in total. The highest BCUT2D eigenvalue weighted by Gasteiger charge is 2.18. The average molecular weight is 283 g/mol. The van der Waals surface area contributed by atoms with Crippen LogP contribution in [0.25, 0.3) is 0 Å². The van der Waals surface area contributed by atoms with E-state index in [1.54, 1.807) is 14.2 Å². The molecule has 2 aromatic carbocycles. The highest BCUT2D eigenvalue weighted by atomic mass is 16.5. The van der Waals surface area contributed by atoms with Crippen LogP contribution in [0.15, 0.2) is 36.4 Å². The summed E-state index contributed by atoms with van der Waals surface area (Å²) in [5.74, 6) is 1.60. The Morgan fingerprint density at radius 1 is 1.10 bits per heavy atom. The van der Waals surface area contributed by atoms with Crippen LogP contribution in [-0.2, 0) is 13.0 Å². The Balaban J connectivity index is 1.89. The summed E-state index contributed by atoms with van der Waals surface area (Å²) in [6, 6.07) is 11.8. The molecule has 2 aromatic rings. The van der Waals surface area contributed by atoms with Crippen LogP contribution in [0.5, 0.6) is 11.5 Å². The van der Waals surface area contributed by atoms with E-state index in [1.165, 1.54) is 0 Å². The molecule has 0 radical (unpaired) electrons. The van der Waals surface area contributed by atoms with E-state index >= 15 is 0 Å². The highest BCUT2D eigenvalue weighted by Crippen LogP contribution is 2.27. The van der Waals surface area contributed by atoms with Crippen molar-refractivity contribution < 1.29 is 14.3 Å². The maximum absolute atomic E-state index is 11.6. The van der Waals surface area contributed by atoms with Crippen molar-refractivity contribution in [3.8, 4) is 11.5 Å². The summed E-state index contributed by atoms with van der Waals surface area (Å²) in [6.45, 7) is 0.613. The molecule has 0 atom stereocenters. The number of carbonyl (C=O) groups is 1. The van der Waals surface area contributed by atoms with Gasteiger partial charge in [0.05, 0.1) is 14.2 Å². The molecule has 1 aliphatic heterocycles. The van der Waals surface area contributed by atoms with Crippen LogP contribution in [0.2, 0.25) is 0 Å². The second kappa shape index (κ2) is 5.48. The van der Waals surface area contributed by atoms with E-state index in [1.807, 2.05) is 30.3 Å². The standard InChI is InChI=1S/C17H17NO3/c1-20-14-5-4-12(16(9-14)21-2)7-11-3-6-15-13(8-11)10-18-17(15)19/h3-6,8-9H,7,10H2,1-2H3,(H,18,19). The fourth-order valence-electron chi connectivity index (χ4n) is 2.61. The van der Waals surface area contributed by atoms with Gasteiger partial charge in [0.1, 0.15) is 11.5 Å². The first-order valence-electron chi connectivity index (χ1n) is 6.82. The molecular weight excluding hydrogens is 266 g/mol. The Kier molecular flexibility index (Phi) is 3.52. The number of fused-ring (bicyclic) bond motifs is 1. The number of methoxy groups -OCH3 is 2. The molecule has 0 aliphatic carbocycles. The molecule has 108 valence electrons. The average Bonchev–Trinajstić information content (AvgIpc) is 2.88. The van der Waals surface area contributed by atoms with Gasteiger partial charge in [0, 0.05) is 24.6 Å². The van der Waals surface area contributed by atoms with Crippen LogP contribution in [0, 0.1) is 0 Å². The number of amides is 1. The van der Waals surface area contributed by atoms with Crippen LogP contribution in [0.3, 0.4) is 0 Å². The molecule has 1 heterocycles. The molecule has 3 rings (SSSR count). The summed E-state index contributed by atoms with van der Waals surface area (Å²) < 4.78 is 10.6. The number of hydrogen-bond donors (Lipinski definition) is 1. The molecule has 0 aromatic heterocycles. The topological polar surface area (TPSA) is 47.6 Å². The second-order valence-corrected chi connectivity index (χ2v) is 5.03. The predicted octanol–water partition coefficient (Wildman–Crippen LogP) is 2.54. The summed E-state index contributed by atoms with van der Waals surface area (Å²) in [4.78, 5) is 11.6. The van der Waals surface area contributed by atoms with Gasteiger partial charge in [-0.05, 0) is 28.8 Å². The number of carbonyl (C=O) groups excluding carboxylic acids is 1. The van der Waals surface area contributed by atoms with Gasteiger partial charge in [0.15, 0.2) is 0 Å².